The van der Waals surface area contributed by atoms with Crippen molar-refractivity contribution in [3.05, 3.63) is 71.3 Å². The second-order valence-corrected chi connectivity index (χ2v) is 7.25. The Morgan fingerprint density at radius 2 is 1.56 bits per heavy atom. The normalized spacial score (nSPS) is 28.9. The lowest BCUT2D eigenvalue weighted by molar-refractivity contribution is 0.0643. The molecule has 2 aliphatic heterocycles. The van der Waals surface area contributed by atoms with Crippen molar-refractivity contribution in [2.24, 2.45) is 5.92 Å². The van der Waals surface area contributed by atoms with Crippen molar-refractivity contribution in [1.29, 1.82) is 0 Å². The Morgan fingerprint density at radius 3 is 2.20 bits per heavy atom. The third-order valence-corrected chi connectivity index (χ3v) is 6.00. The summed E-state index contributed by atoms with van der Waals surface area (Å²) in [5, 5.41) is 0. The average molecular weight is 341 g/mol. The van der Waals surface area contributed by atoms with E-state index in [0.29, 0.717) is 11.6 Å². The molecule has 2 aromatic rings. The molecule has 0 aliphatic carbocycles. The molecule has 4 atom stereocenters. The van der Waals surface area contributed by atoms with E-state index in [4.69, 9.17) is 0 Å². The average Bonchev–Trinajstić information content (AvgIpc) is 2.85. The van der Waals surface area contributed by atoms with Crippen LogP contribution in [-0.2, 0) is 0 Å². The molecule has 0 saturated carbocycles. The molecular weight excluding hydrogens is 320 g/mol. The monoisotopic (exact) mass is 341 g/mol. The smallest absolute Gasteiger partial charge is 0.168 e. The molecule has 0 unspecified atom stereocenters. The fraction of sp³-hybridized carbons (Fsp3) is 0.381. The molecule has 2 aliphatic rings. The van der Waals surface area contributed by atoms with Crippen LogP contribution in [0.3, 0.4) is 0 Å². The van der Waals surface area contributed by atoms with Crippen LogP contribution >= 0.6 is 0 Å². The molecule has 2 fully saturated rings. The standard InChI is InChI=1S/C21H21F2NO/c1-24-17-10-11-19(24)20(21(25)14-4-8-16(23)9-5-14)18(12-17)13-2-6-15(22)7-3-13/h2-9,17-20H,10-12H2,1H3/t17-,18+,19+,20+/m1/s1. The van der Waals surface area contributed by atoms with Crippen molar-refractivity contribution in [3.8, 4) is 0 Å². The van der Waals surface area contributed by atoms with E-state index in [1.807, 2.05) is 0 Å². The highest BCUT2D eigenvalue weighted by Gasteiger charge is 2.48. The zero-order chi connectivity index (χ0) is 17.6. The summed E-state index contributed by atoms with van der Waals surface area (Å²) >= 11 is 0. The molecular formula is C21H21F2NO. The van der Waals surface area contributed by atoms with Crippen LogP contribution in [0.25, 0.3) is 0 Å². The highest BCUT2D eigenvalue weighted by Crippen LogP contribution is 2.47. The second kappa shape index (κ2) is 6.34. The number of ketones is 1. The van der Waals surface area contributed by atoms with Gasteiger partial charge in [-0.15, -0.1) is 0 Å². The maximum absolute atomic E-state index is 13.3. The number of piperidine rings is 1. The van der Waals surface area contributed by atoms with Crippen LogP contribution in [0, 0.1) is 17.6 Å². The third kappa shape index (κ3) is 2.89. The fourth-order valence-corrected chi connectivity index (χ4v) is 4.68. The molecule has 0 radical (unpaired) electrons. The van der Waals surface area contributed by atoms with Crippen LogP contribution in [0.5, 0.6) is 0 Å². The molecule has 2 saturated heterocycles. The number of hydrogen-bond donors (Lipinski definition) is 0. The van der Waals surface area contributed by atoms with E-state index in [1.165, 1.54) is 24.3 Å². The van der Waals surface area contributed by atoms with Crippen LogP contribution in [0.4, 0.5) is 8.78 Å². The summed E-state index contributed by atoms with van der Waals surface area (Å²) in [6, 6.07) is 13.0. The second-order valence-electron chi connectivity index (χ2n) is 7.25. The van der Waals surface area contributed by atoms with E-state index in [1.54, 1.807) is 24.3 Å². The Hall–Kier alpha value is -2.07. The lowest BCUT2D eigenvalue weighted by Gasteiger charge is -2.42. The molecule has 25 heavy (non-hydrogen) atoms. The Kier molecular flexibility index (Phi) is 4.16. The number of carbonyl (C=O) groups is 1. The number of halogens is 2. The third-order valence-electron chi connectivity index (χ3n) is 6.00. The molecule has 2 aromatic carbocycles. The van der Waals surface area contributed by atoms with Crippen molar-refractivity contribution in [2.75, 3.05) is 7.05 Å². The van der Waals surface area contributed by atoms with Gasteiger partial charge in [-0.25, -0.2) is 8.78 Å². The number of carbonyl (C=O) groups excluding carboxylic acids is 1. The van der Waals surface area contributed by atoms with Gasteiger partial charge in [0.05, 0.1) is 0 Å². The highest BCUT2D eigenvalue weighted by molar-refractivity contribution is 5.99. The van der Waals surface area contributed by atoms with Gasteiger partial charge in [-0.3, -0.25) is 9.69 Å². The van der Waals surface area contributed by atoms with Gasteiger partial charge in [0.2, 0.25) is 0 Å². The number of nitrogens with zero attached hydrogens (tertiary/aromatic N) is 1. The Labute approximate surface area is 146 Å². The van der Waals surface area contributed by atoms with Crippen LogP contribution in [0.15, 0.2) is 48.5 Å². The van der Waals surface area contributed by atoms with Crippen molar-refractivity contribution in [1.82, 2.24) is 4.90 Å². The minimum Gasteiger partial charge on any atom is -0.300 e. The number of Topliss-reactive ketones (excluding diaryl/α,β-unsaturated/α-hetero) is 1. The first-order valence-electron chi connectivity index (χ1n) is 8.82. The molecule has 2 heterocycles. The first-order valence-corrected chi connectivity index (χ1v) is 8.82. The molecule has 130 valence electrons. The van der Waals surface area contributed by atoms with E-state index in [0.717, 1.165) is 24.8 Å². The summed E-state index contributed by atoms with van der Waals surface area (Å²) in [7, 11) is 2.09. The van der Waals surface area contributed by atoms with E-state index < -0.39 is 0 Å². The van der Waals surface area contributed by atoms with Gasteiger partial charge in [0.1, 0.15) is 11.6 Å². The van der Waals surface area contributed by atoms with Gasteiger partial charge >= 0.3 is 0 Å². The van der Waals surface area contributed by atoms with E-state index in [2.05, 4.69) is 11.9 Å². The zero-order valence-electron chi connectivity index (χ0n) is 14.2. The lowest BCUT2D eigenvalue weighted by atomic mass is 9.73. The Bertz CT molecular complexity index is 771. The predicted octanol–water partition coefficient (Wildman–Crippen LogP) is 4.41. The maximum Gasteiger partial charge on any atom is 0.168 e. The molecule has 0 spiro atoms. The van der Waals surface area contributed by atoms with Gasteiger partial charge in [0.25, 0.3) is 0 Å². The summed E-state index contributed by atoms with van der Waals surface area (Å²) in [5.41, 5.74) is 1.57. The molecule has 0 amide bonds. The quantitative estimate of drug-likeness (QED) is 0.771. The van der Waals surface area contributed by atoms with Gasteiger partial charge in [-0.2, -0.15) is 0 Å². The number of hydrogen-bond acceptors (Lipinski definition) is 2. The van der Waals surface area contributed by atoms with Crippen LogP contribution in [0.2, 0.25) is 0 Å². The van der Waals surface area contributed by atoms with E-state index >= 15 is 0 Å². The van der Waals surface area contributed by atoms with Gasteiger partial charge in [-0.05, 0) is 74.2 Å². The molecule has 2 nitrogen and oxygen atoms in total. The SMILES string of the molecule is CN1[C@@H]2CC[C@H]1[C@@H](C(=O)c1ccc(F)cc1)[C@H](c1ccc(F)cc1)C2. The Balaban J connectivity index is 1.72. The minimum atomic E-state index is -0.340. The fourth-order valence-electron chi connectivity index (χ4n) is 4.68. The van der Waals surface area contributed by atoms with Crippen LogP contribution in [0.1, 0.15) is 41.1 Å². The van der Waals surface area contributed by atoms with Crippen LogP contribution < -0.4 is 0 Å². The summed E-state index contributed by atoms with van der Waals surface area (Å²) < 4.78 is 26.6. The summed E-state index contributed by atoms with van der Waals surface area (Å²) in [6.45, 7) is 0. The largest absolute Gasteiger partial charge is 0.300 e. The zero-order valence-corrected chi connectivity index (χ0v) is 14.2. The minimum absolute atomic E-state index is 0.0616. The highest BCUT2D eigenvalue weighted by atomic mass is 19.1. The van der Waals surface area contributed by atoms with Crippen molar-refractivity contribution < 1.29 is 13.6 Å². The number of benzene rings is 2. The van der Waals surface area contributed by atoms with Crippen LogP contribution in [-0.4, -0.2) is 29.8 Å². The number of rotatable bonds is 3. The Morgan fingerprint density at radius 1 is 0.960 bits per heavy atom. The summed E-state index contributed by atoms with van der Waals surface area (Å²) in [6.07, 6.45) is 2.98. The first-order chi connectivity index (χ1) is 12.0. The molecule has 4 heteroatoms. The molecule has 2 bridgehead atoms. The predicted molar refractivity (Wildman–Crippen MR) is 92.6 cm³/mol. The van der Waals surface area contributed by atoms with Gasteiger partial charge in [0.15, 0.2) is 5.78 Å². The topological polar surface area (TPSA) is 20.3 Å². The maximum atomic E-state index is 13.3. The summed E-state index contributed by atoms with van der Waals surface area (Å²) in [4.78, 5) is 15.6. The molecule has 0 aromatic heterocycles. The van der Waals surface area contributed by atoms with Gasteiger partial charge < -0.3 is 0 Å². The van der Waals surface area contributed by atoms with E-state index in [9.17, 15) is 13.6 Å². The van der Waals surface area contributed by atoms with E-state index in [-0.39, 0.29) is 35.3 Å². The molecule has 0 N–H and O–H groups in total. The van der Waals surface area contributed by atoms with Gasteiger partial charge in [-0.1, -0.05) is 12.1 Å². The first kappa shape index (κ1) is 16.4. The summed E-state index contributed by atoms with van der Waals surface area (Å²) in [5.74, 6) is -0.646. The van der Waals surface area contributed by atoms with Crippen molar-refractivity contribution in [2.45, 2.75) is 37.3 Å². The lowest BCUT2D eigenvalue weighted by Crippen LogP contribution is -2.48. The van der Waals surface area contributed by atoms with Crippen molar-refractivity contribution >= 4 is 5.78 Å². The van der Waals surface area contributed by atoms with Gasteiger partial charge in [0, 0.05) is 23.6 Å². The number of fused-ring (bicyclic) bond motifs is 2. The molecule has 4 rings (SSSR count). The van der Waals surface area contributed by atoms with Crippen molar-refractivity contribution in [3.63, 3.8) is 0 Å².